The van der Waals surface area contributed by atoms with Crippen molar-refractivity contribution in [3.63, 3.8) is 0 Å². The molecule has 3 rings (SSSR count). The summed E-state index contributed by atoms with van der Waals surface area (Å²) in [7, 11) is 0. The Kier molecular flexibility index (Phi) is 7.59. The molecule has 3 nitrogen and oxygen atoms in total. The Balaban J connectivity index is 1.70. The third-order valence-corrected chi connectivity index (χ3v) is 5.74. The van der Waals surface area contributed by atoms with Crippen molar-refractivity contribution < 1.29 is 9.47 Å². The van der Waals surface area contributed by atoms with E-state index in [1.165, 1.54) is 4.88 Å². The fourth-order valence-electron chi connectivity index (χ4n) is 2.64. The van der Waals surface area contributed by atoms with E-state index in [-0.39, 0.29) is 0 Å². The zero-order valence-electron chi connectivity index (χ0n) is 15.0. The number of nitrogens with one attached hydrogen (secondary N) is 1. The summed E-state index contributed by atoms with van der Waals surface area (Å²) in [4.78, 5) is 1.32. The van der Waals surface area contributed by atoms with Gasteiger partial charge in [-0.05, 0) is 58.1 Å². The van der Waals surface area contributed by atoms with E-state index >= 15 is 0 Å². The Hall–Kier alpha value is -1.53. The van der Waals surface area contributed by atoms with Gasteiger partial charge in [-0.3, -0.25) is 0 Å². The molecule has 0 fully saturated rings. The molecule has 0 aliphatic rings. The van der Waals surface area contributed by atoms with E-state index in [0.717, 1.165) is 34.4 Å². The topological polar surface area (TPSA) is 30.5 Å². The number of hydrogen-bond donors (Lipinski definition) is 1. The molecule has 1 heterocycles. The van der Waals surface area contributed by atoms with E-state index < -0.39 is 0 Å². The van der Waals surface area contributed by atoms with Crippen molar-refractivity contribution >= 4 is 38.9 Å². The molecule has 0 atom stereocenters. The number of halogens is 2. The second-order valence-electron chi connectivity index (χ2n) is 5.90. The maximum atomic E-state index is 6.23. The van der Waals surface area contributed by atoms with E-state index in [4.69, 9.17) is 21.1 Å². The molecule has 0 aliphatic carbocycles. The van der Waals surface area contributed by atoms with Crippen molar-refractivity contribution in [2.24, 2.45) is 0 Å². The number of hydrogen-bond acceptors (Lipinski definition) is 4. The number of benzene rings is 2. The molecule has 0 radical (unpaired) electrons. The lowest BCUT2D eigenvalue weighted by Crippen LogP contribution is -2.12. The summed E-state index contributed by atoms with van der Waals surface area (Å²) in [5.41, 5.74) is 2.07. The zero-order valence-corrected chi connectivity index (χ0v) is 18.2. The van der Waals surface area contributed by atoms with Crippen molar-refractivity contribution in [2.75, 3.05) is 6.61 Å². The molecule has 142 valence electrons. The third-order valence-electron chi connectivity index (χ3n) is 3.91. The SMILES string of the molecule is CCOc1cc(CNCc2cccs2)cc(Br)c1OCc1ccccc1Cl. The minimum atomic E-state index is 0.383. The van der Waals surface area contributed by atoms with Gasteiger partial charge < -0.3 is 14.8 Å². The van der Waals surface area contributed by atoms with Crippen molar-refractivity contribution in [3.8, 4) is 11.5 Å². The smallest absolute Gasteiger partial charge is 0.175 e. The van der Waals surface area contributed by atoms with Gasteiger partial charge in [-0.1, -0.05) is 35.9 Å². The van der Waals surface area contributed by atoms with Gasteiger partial charge in [0.1, 0.15) is 6.61 Å². The van der Waals surface area contributed by atoms with E-state index in [2.05, 4.69) is 44.8 Å². The van der Waals surface area contributed by atoms with Crippen LogP contribution < -0.4 is 14.8 Å². The second kappa shape index (κ2) is 10.1. The van der Waals surface area contributed by atoms with Gasteiger partial charge in [0, 0.05) is 28.6 Å². The summed E-state index contributed by atoms with van der Waals surface area (Å²) >= 11 is 11.6. The molecule has 1 N–H and O–H groups in total. The lowest BCUT2D eigenvalue weighted by atomic mass is 10.2. The monoisotopic (exact) mass is 465 g/mol. The Labute approximate surface area is 177 Å². The third kappa shape index (κ3) is 5.72. The normalized spacial score (nSPS) is 10.8. The predicted molar refractivity (Wildman–Crippen MR) is 116 cm³/mol. The summed E-state index contributed by atoms with van der Waals surface area (Å²) in [6.45, 7) is 4.52. The van der Waals surface area contributed by atoms with Gasteiger partial charge in [0.2, 0.25) is 0 Å². The quantitative estimate of drug-likeness (QED) is 0.394. The van der Waals surface area contributed by atoms with Crippen LogP contribution in [0.3, 0.4) is 0 Å². The number of ether oxygens (including phenoxy) is 2. The van der Waals surface area contributed by atoms with Gasteiger partial charge >= 0.3 is 0 Å². The molecule has 0 saturated heterocycles. The van der Waals surface area contributed by atoms with Gasteiger partial charge in [-0.15, -0.1) is 11.3 Å². The summed E-state index contributed by atoms with van der Waals surface area (Å²) in [5, 5.41) is 6.25. The van der Waals surface area contributed by atoms with Gasteiger partial charge in [-0.2, -0.15) is 0 Å². The molecule has 3 aromatic rings. The van der Waals surface area contributed by atoms with Gasteiger partial charge in [0.05, 0.1) is 11.1 Å². The molecule has 6 heteroatoms. The summed E-state index contributed by atoms with van der Waals surface area (Å²) in [6, 6.07) is 16.0. The van der Waals surface area contributed by atoms with Gasteiger partial charge in [0.25, 0.3) is 0 Å². The number of thiophene rings is 1. The first-order chi connectivity index (χ1) is 13.2. The van der Waals surface area contributed by atoms with Crippen LogP contribution in [-0.4, -0.2) is 6.61 Å². The van der Waals surface area contributed by atoms with Gasteiger partial charge in [-0.25, -0.2) is 0 Å². The maximum absolute atomic E-state index is 6.23. The van der Waals surface area contributed by atoms with Crippen LogP contribution in [-0.2, 0) is 19.7 Å². The average Bonchev–Trinajstić information content (AvgIpc) is 3.16. The molecule has 0 bridgehead atoms. The summed E-state index contributed by atoms with van der Waals surface area (Å²) in [6.07, 6.45) is 0. The van der Waals surface area contributed by atoms with E-state index in [0.29, 0.717) is 24.0 Å². The van der Waals surface area contributed by atoms with Crippen LogP contribution in [0.5, 0.6) is 11.5 Å². The standard InChI is InChI=1S/C21H21BrClNO2S/c1-2-25-20-11-15(12-24-13-17-7-5-9-27-17)10-18(22)21(20)26-14-16-6-3-4-8-19(16)23/h3-11,24H,2,12-14H2,1H3. The van der Waals surface area contributed by atoms with Crippen LogP contribution in [0.25, 0.3) is 0 Å². The van der Waals surface area contributed by atoms with Crippen molar-refractivity contribution in [2.45, 2.75) is 26.6 Å². The minimum absolute atomic E-state index is 0.383. The fraction of sp³-hybridized carbons (Fsp3) is 0.238. The van der Waals surface area contributed by atoms with E-state index in [1.807, 2.05) is 37.3 Å². The van der Waals surface area contributed by atoms with Crippen LogP contribution in [0.2, 0.25) is 5.02 Å². The van der Waals surface area contributed by atoms with Crippen molar-refractivity contribution in [3.05, 3.63) is 79.4 Å². The van der Waals surface area contributed by atoms with E-state index in [1.54, 1.807) is 11.3 Å². The Morgan fingerprint density at radius 3 is 2.67 bits per heavy atom. The van der Waals surface area contributed by atoms with E-state index in [9.17, 15) is 0 Å². The maximum Gasteiger partial charge on any atom is 0.175 e. The molecule has 2 aromatic carbocycles. The lowest BCUT2D eigenvalue weighted by Gasteiger charge is -2.16. The molecule has 0 saturated carbocycles. The molecule has 0 amide bonds. The first-order valence-electron chi connectivity index (χ1n) is 8.72. The Morgan fingerprint density at radius 2 is 1.93 bits per heavy atom. The molecule has 0 aliphatic heterocycles. The molecule has 1 aromatic heterocycles. The summed E-state index contributed by atoms with van der Waals surface area (Å²) in [5.74, 6) is 1.42. The predicted octanol–water partition coefficient (Wildman–Crippen LogP) is 6.43. The molecular weight excluding hydrogens is 446 g/mol. The van der Waals surface area contributed by atoms with Crippen LogP contribution in [0.1, 0.15) is 22.9 Å². The zero-order chi connectivity index (χ0) is 19.1. The lowest BCUT2D eigenvalue weighted by molar-refractivity contribution is 0.267. The van der Waals surface area contributed by atoms with Crippen LogP contribution >= 0.6 is 38.9 Å². The highest BCUT2D eigenvalue weighted by Gasteiger charge is 2.13. The molecule has 27 heavy (non-hydrogen) atoms. The fourth-order valence-corrected chi connectivity index (χ4v) is 4.10. The van der Waals surface area contributed by atoms with Crippen LogP contribution in [0, 0.1) is 0 Å². The second-order valence-corrected chi connectivity index (χ2v) is 8.19. The molecule has 0 unspecified atom stereocenters. The Bertz CT molecular complexity index is 871. The van der Waals surface area contributed by atoms with Crippen LogP contribution in [0.15, 0.2) is 58.4 Å². The molecular formula is C21H21BrClNO2S. The van der Waals surface area contributed by atoms with Crippen molar-refractivity contribution in [1.82, 2.24) is 5.32 Å². The first kappa shape index (κ1) is 20.2. The first-order valence-corrected chi connectivity index (χ1v) is 10.8. The molecule has 0 spiro atoms. The largest absolute Gasteiger partial charge is 0.490 e. The van der Waals surface area contributed by atoms with Crippen molar-refractivity contribution in [1.29, 1.82) is 0 Å². The van der Waals surface area contributed by atoms with Crippen LogP contribution in [0.4, 0.5) is 0 Å². The Morgan fingerprint density at radius 1 is 1.07 bits per heavy atom. The minimum Gasteiger partial charge on any atom is -0.490 e. The highest BCUT2D eigenvalue weighted by Crippen LogP contribution is 2.37. The highest BCUT2D eigenvalue weighted by molar-refractivity contribution is 9.10. The number of rotatable bonds is 9. The van der Waals surface area contributed by atoms with Gasteiger partial charge in [0.15, 0.2) is 11.5 Å². The summed E-state index contributed by atoms with van der Waals surface area (Å²) < 4.78 is 12.7. The average molecular weight is 467 g/mol. The highest BCUT2D eigenvalue weighted by atomic mass is 79.9.